The summed E-state index contributed by atoms with van der Waals surface area (Å²) < 4.78 is 0. The third-order valence-corrected chi connectivity index (χ3v) is 8.44. The number of fused-ring (bicyclic) bond motifs is 3. The highest BCUT2D eigenvalue weighted by Gasteiger charge is 2.38. The summed E-state index contributed by atoms with van der Waals surface area (Å²) in [5.41, 5.74) is 4.03. The first-order chi connectivity index (χ1) is 15.8. The lowest BCUT2D eigenvalue weighted by molar-refractivity contribution is -0.325. The predicted octanol–water partition coefficient (Wildman–Crippen LogP) is 5.55. The lowest BCUT2D eigenvalue weighted by Crippen LogP contribution is -3.00. The highest BCUT2D eigenvalue weighted by Crippen LogP contribution is 2.44. The Kier molecular flexibility index (Phi) is 24.1. The number of rotatable bonds is 21. The Morgan fingerprint density at radius 2 is 0.758 bits per heavy atom. The van der Waals surface area contributed by atoms with Crippen molar-refractivity contribution in [1.82, 2.24) is 4.90 Å². The highest BCUT2D eigenvalue weighted by atomic mass is 35.5. The van der Waals surface area contributed by atoms with Crippen molar-refractivity contribution in [2.24, 2.45) is 5.41 Å². The first-order valence-corrected chi connectivity index (χ1v) is 15.3. The van der Waals surface area contributed by atoms with Crippen molar-refractivity contribution in [1.29, 1.82) is 0 Å². The molecule has 3 rings (SSSR count). The first kappa shape index (κ1) is 33.2. The predicted molar refractivity (Wildman–Crippen MR) is 144 cm³/mol. The molecule has 2 bridgehead atoms. The van der Waals surface area contributed by atoms with Gasteiger partial charge in [0.1, 0.15) is 0 Å². The average Bonchev–Trinajstić information content (AvgIpc) is 2.85. The number of nitrogens with zero attached hydrogens (tertiary/aromatic N) is 1. The van der Waals surface area contributed by atoms with E-state index < -0.39 is 0 Å². The van der Waals surface area contributed by atoms with E-state index in [4.69, 9.17) is 0 Å². The van der Waals surface area contributed by atoms with Gasteiger partial charge in [0.05, 0.1) is 7.05 Å². The molecule has 0 unspecified atom stereocenters. The van der Waals surface area contributed by atoms with Crippen LogP contribution in [0.5, 0.6) is 0 Å². The smallest absolute Gasteiger partial charge is 0.0634 e. The van der Waals surface area contributed by atoms with Gasteiger partial charge in [-0.3, -0.25) is 0 Å². The van der Waals surface area contributed by atoms with Crippen LogP contribution in [0.2, 0.25) is 0 Å². The van der Waals surface area contributed by atoms with Gasteiger partial charge < -0.3 is 23.0 Å². The lowest BCUT2D eigenvalue weighted by atomic mass is 9.69. The summed E-state index contributed by atoms with van der Waals surface area (Å²) in [6, 6.07) is 0. The van der Waals surface area contributed by atoms with Crippen molar-refractivity contribution in [3.05, 3.63) is 0 Å². The minimum absolute atomic E-state index is 0. The van der Waals surface area contributed by atoms with E-state index in [0.717, 1.165) is 5.41 Å². The van der Waals surface area contributed by atoms with Gasteiger partial charge >= 0.3 is 0 Å². The second-order valence-corrected chi connectivity index (χ2v) is 11.1. The summed E-state index contributed by atoms with van der Waals surface area (Å²) in [4.78, 5) is 2.68. The highest BCUT2D eigenvalue weighted by molar-refractivity contribution is 4.91. The van der Waals surface area contributed by atoms with Gasteiger partial charge in [0, 0.05) is 0 Å². The monoisotopic (exact) mass is 486 g/mol. The van der Waals surface area contributed by atoms with E-state index in [2.05, 4.69) is 17.6 Å². The van der Waals surface area contributed by atoms with E-state index in [1.807, 2.05) is 0 Å². The third kappa shape index (κ3) is 17.3. The molecule has 33 heavy (non-hydrogen) atoms. The summed E-state index contributed by atoms with van der Waals surface area (Å²) in [7, 11) is 1.75. The van der Waals surface area contributed by atoms with Gasteiger partial charge in [-0.2, -0.15) is 0 Å². The fourth-order valence-corrected chi connectivity index (χ4v) is 6.03. The summed E-state index contributed by atoms with van der Waals surface area (Å²) in [6.07, 6.45) is 35.8. The molecule has 3 fully saturated rings. The Labute approximate surface area is 216 Å². The molecule has 3 N–H and O–H groups in total. The fourth-order valence-electron chi connectivity index (χ4n) is 6.03. The molecule has 2 nitrogen and oxygen atoms in total. The average molecular weight is 487 g/mol. The van der Waals surface area contributed by atoms with Crippen LogP contribution in [0.1, 0.15) is 161 Å². The molecule has 3 aliphatic heterocycles. The number of hydrogen-bond donors (Lipinski definition) is 1. The molecule has 0 amide bonds. The Hall–Kier alpha value is 0.210. The van der Waals surface area contributed by atoms with Crippen LogP contribution in [-0.2, 0) is 0 Å². The standard InChI is InChI=1S/C29H57N.CH5N.ClH/c1-2-3-4-5-6-7-8-9-10-11-12-13-14-15-16-17-18-19-20-21-22-29-23-26-30(27-24-29)28-25-29;1-2;/h2-28H2,1H3;2H2,1H3;1H. The maximum Gasteiger partial charge on any atom is 0.0634 e. The van der Waals surface area contributed by atoms with Crippen molar-refractivity contribution >= 4 is 0 Å². The molecule has 3 heteroatoms. The summed E-state index contributed by atoms with van der Waals surface area (Å²) in [6.45, 7) is 6.51. The SMILES string of the molecule is CCCCCCCCCCCCCCCCCCCCCCC12CCN(CC1)CC2.C[NH3+].[Cl-]. The van der Waals surface area contributed by atoms with Crippen LogP contribution in [-0.4, -0.2) is 31.6 Å². The summed E-state index contributed by atoms with van der Waals surface area (Å²) in [5.74, 6) is 0. The second kappa shape index (κ2) is 23.9. The maximum atomic E-state index is 3.25. The van der Waals surface area contributed by atoms with Crippen LogP contribution in [0.4, 0.5) is 0 Å². The number of piperidine rings is 3. The van der Waals surface area contributed by atoms with Crippen LogP contribution >= 0.6 is 0 Å². The molecule has 0 aromatic rings. The van der Waals surface area contributed by atoms with Gasteiger partial charge in [-0.05, 0) is 50.7 Å². The Morgan fingerprint density at radius 1 is 0.485 bits per heavy atom. The number of halogens is 1. The Balaban J connectivity index is 0.00000332. The number of hydrogen-bond acceptors (Lipinski definition) is 1. The number of quaternary nitrogens is 1. The largest absolute Gasteiger partial charge is 1.00 e. The van der Waals surface area contributed by atoms with E-state index in [-0.39, 0.29) is 12.4 Å². The molecule has 3 aliphatic rings. The van der Waals surface area contributed by atoms with Gasteiger partial charge in [-0.25, -0.2) is 0 Å². The van der Waals surface area contributed by atoms with Crippen LogP contribution < -0.4 is 18.1 Å². The molecule has 0 saturated carbocycles. The molecule has 3 saturated heterocycles. The van der Waals surface area contributed by atoms with Crippen molar-refractivity contribution in [2.45, 2.75) is 161 Å². The molecule has 0 atom stereocenters. The Bertz CT molecular complexity index is 366. The molecule has 0 radical (unpaired) electrons. The molecule has 0 aliphatic carbocycles. The minimum atomic E-state index is 0. The van der Waals surface area contributed by atoms with Crippen molar-refractivity contribution in [3.63, 3.8) is 0 Å². The van der Waals surface area contributed by atoms with E-state index >= 15 is 0 Å². The summed E-state index contributed by atoms with van der Waals surface area (Å²) in [5, 5.41) is 0. The molecule has 0 aromatic heterocycles. The molecular weight excluding hydrogens is 424 g/mol. The van der Waals surface area contributed by atoms with Crippen molar-refractivity contribution in [2.75, 3.05) is 26.7 Å². The van der Waals surface area contributed by atoms with E-state index in [0.29, 0.717) is 0 Å². The van der Waals surface area contributed by atoms with E-state index in [1.165, 1.54) is 167 Å². The molecule has 3 heterocycles. The normalized spacial score (nSPS) is 21.4. The molecule has 200 valence electrons. The Morgan fingerprint density at radius 3 is 1.06 bits per heavy atom. The fraction of sp³-hybridized carbons (Fsp3) is 1.00. The van der Waals surface area contributed by atoms with Gasteiger partial charge in [0.15, 0.2) is 0 Å². The zero-order valence-electron chi connectivity index (χ0n) is 23.1. The second-order valence-electron chi connectivity index (χ2n) is 11.1. The zero-order chi connectivity index (χ0) is 23.2. The van der Waals surface area contributed by atoms with Gasteiger partial charge in [0.2, 0.25) is 0 Å². The zero-order valence-corrected chi connectivity index (χ0v) is 23.9. The van der Waals surface area contributed by atoms with Crippen LogP contribution in [0.25, 0.3) is 0 Å². The van der Waals surface area contributed by atoms with Crippen molar-refractivity contribution in [3.8, 4) is 0 Å². The number of unbranched alkanes of at least 4 members (excludes halogenated alkanes) is 19. The maximum absolute atomic E-state index is 3.25. The molecular formula is C30H63ClN2. The molecule has 0 spiro atoms. The van der Waals surface area contributed by atoms with E-state index in [1.54, 1.807) is 13.5 Å². The van der Waals surface area contributed by atoms with Gasteiger partial charge in [-0.1, -0.05) is 135 Å². The lowest BCUT2D eigenvalue weighted by Gasteiger charge is -2.48. The first-order valence-electron chi connectivity index (χ1n) is 15.3. The summed E-state index contributed by atoms with van der Waals surface area (Å²) >= 11 is 0. The van der Waals surface area contributed by atoms with Crippen molar-refractivity contribution < 1.29 is 18.1 Å². The van der Waals surface area contributed by atoms with Crippen LogP contribution in [0.15, 0.2) is 0 Å². The van der Waals surface area contributed by atoms with Crippen LogP contribution in [0.3, 0.4) is 0 Å². The third-order valence-electron chi connectivity index (χ3n) is 8.44. The quantitative estimate of drug-likeness (QED) is 0.212. The van der Waals surface area contributed by atoms with Gasteiger partial charge in [-0.15, -0.1) is 0 Å². The van der Waals surface area contributed by atoms with Gasteiger partial charge in [0.25, 0.3) is 0 Å². The minimum Gasteiger partial charge on any atom is -1.00 e. The van der Waals surface area contributed by atoms with Crippen LogP contribution in [0, 0.1) is 5.41 Å². The molecule has 0 aromatic carbocycles. The van der Waals surface area contributed by atoms with E-state index in [9.17, 15) is 0 Å². The topological polar surface area (TPSA) is 30.9 Å².